The number of nitrogens with zero attached hydrogens (tertiary/aromatic N) is 2. The first-order chi connectivity index (χ1) is 8.65. The summed E-state index contributed by atoms with van der Waals surface area (Å²) in [5.74, 6) is 0. The van der Waals surface area contributed by atoms with Crippen LogP contribution in [0.25, 0.3) is 10.9 Å². The SMILES string of the molecule is CCn1c(C)c(C=NNC(N)=S)c2ccccc21. The number of aryl methyl sites for hydroxylation is 1. The number of aromatic nitrogens is 1. The van der Waals surface area contributed by atoms with Crippen molar-refractivity contribution in [2.75, 3.05) is 0 Å². The van der Waals surface area contributed by atoms with Crippen LogP contribution in [0.1, 0.15) is 18.2 Å². The number of nitrogens with two attached hydrogens (primary N) is 1. The molecule has 5 heteroatoms. The summed E-state index contributed by atoms with van der Waals surface area (Å²) < 4.78 is 2.26. The summed E-state index contributed by atoms with van der Waals surface area (Å²) in [6.07, 6.45) is 1.77. The lowest BCUT2D eigenvalue weighted by molar-refractivity contribution is 0.769. The van der Waals surface area contributed by atoms with Crippen LogP contribution in [-0.2, 0) is 6.54 Å². The van der Waals surface area contributed by atoms with E-state index in [1.165, 1.54) is 16.6 Å². The van der Waals surface area contributed by atoms with Crippen LogP contribution in [0.3, 0.4) is 0 Å². The molecule has 0 atom stereocenters. The van der Waals surface area contributed by atoms with Gasteiger partial charge in [0, 0.05) is 28.7 Å². The minimum absolute atomic E-state index is 0.170. The van der Waals surface area contributed by atoms with Crippen molar-refractivity contribution in [3.63, 3.8) is 0 Å². The second kappa shape index (κ2) is 5.18. The summed E-state index contributed by atoms with van der Waals surface area (Å²) in [7, 11) is 0. The fourth-order valence-electron chi connectivity index (χ4n) is 2.19. The molecular formula is C13H16N4S. The highest BCUT2D eigenvalue weighted by Gasteiger charge is 2.10. The van der Waals surface area contributed by atoms with Gasteiger partial charge in [0.1, 0.15) is 0 Å². The number of thiocarbonyl (C=S) groups is 1. The Morgan fingerprint density at radius 1 is 1.50 bits per heavy atom. The number of hydrogen-bond donors (Lipinski definition) is 2. The first-order valence-electron chi connectivity index (χ1n) is 5.81. The fraction of sp³-hybridized carbons (Fsp3) is 0.231. The van der Waals surface area contributed by atoms with E-state index >= 15 is 0 Å². The van der Waals surface area contributed by atoms with Gasteiger partial charge in [-0.3, -0.25) is 5.43 Å². The zero-order valence-electron chi connectivity index (χ0n) is 10.5. The second-order valence-corrected chi connectivity index (χ2v) is 4.43. The molecule has 1 aromatic heterocycles. The van der Waals surface area contributed by atoms with Gasteiger partial charge < -0.3 is 10.3 Å². The zero-order chi connectivity index (χ0) is 13.1. The normalized spacial score (nSPS) is 11.2. The van der Waals surface area contributed by atoms with Crippen LogP contribution in [0.2, 0.25) is 0 Å². The maximum absolute atomic E-state index is 5.34. The van der Waals surface area contributed by atoms with Gasteiger partial charge in [-0.2, -0.15) is 5.10 Å². The third-order valence-electron chi connectivity index (χ3n) is 2.96. The van der Waals surface area contributed by atoms with Crippen LogP contribution < -0.4 is 11.2 Å². The molecule has 3 N–H and O–H groups in total. The van der Waals surface area contributed by atoms with Crippen LogP contribution in [0.4, 0.5) is 0 Å². The van der Waals surface area contributed by atoms with Crippen molar-refractivity contribution in [2.24, 2.45) is 10.8 Å². The Bertz CT molecular complexity index is 613. The number of para-hydroxylation sites is 1. The molecule has 0 fully saturated rings. The van der Waals surface area contributed by atoms with Gasteiger partial charge in [-0.05, 0) is 32.1 Å². The van der Waals surface area contributed by atoms with Gasteiger partial charge in [-0.1, -0.05) is 18.2 Å². The minimum atomic E-state index is 0.170. The number of benzene rings is 1. The van der Waals surface area contributed by atoms with E-state index in [1.54, 1.807) is 6.21 Å². The maximum Gasteiger partial charge on any atom is 0.184 e. The molecule has 0 saturated carbocycles. The van der Waals surface area contributed by atoms with Crippen LogP contribution >= 0.6 is 12.2 Å². The maximum atomic E-state index is 5.34. The Morgan fingerprint density at radius 2 is 2.22 bits per heavy atom. The van der Waals surface area contributed by atoms with Gasteiger partial charge in [0.2, 0.25) is 0 Å². The smallest absolute Gasteiger partial charge is 0.184 e. The van der Waals surface area contributed by atoms with E-state index in [-0.39, 0.29) is 5.11 Å². The Labute approximate surface area is 111 Å². The summed E-state index contributed by atoms with van der Waals surface area (Å²) in [6, 6.07) is 8.28. The second-order valence-electron chi connectivity index (χ2n) is 3.99. The number of hydrogen-bond acceptors (Lipinski definition) is 2. The molecule has 0 unspecified atom stereocenters. The summed E-state index contributed by atoms with van der Waals surface area (Å²) in [5, 5.41) is 5.40. The topological polar surface area (TPSA) is 55.3 Å². The lowest BCUT2D eigenvalue weighted by atomic mass is 10.1. The molecule has 18 heavy (non-hydrogen) atoms. The van der Waals surface area contributed by atoms with Gasteiger partial charge >= 0.3 is 0 Å². The van der Waals surface area contributed by atoms with Gasteiger partial charge in [0.05, 0.1) is 6.21 Å². The predicted molar refractivity (Wildman–Crippen MR) is 79.9 cm³/mol. The largest absolute Gasteiger partial charge is 0.375 e. The van der Waals surface area contributed by atoms with E-state index < -0.39 is 0 Å². The molecule has 1 heterocycles. The highest BCUT2D eigenvalue weighted by molar-refractivity contribution is 7.80. The minimum Gasteiger partial charge on any atom is -0.375 e. The van der Waals surface area contributed by atoms with E-state index in [2.05, 4.69) is 41.1 Å². The molecule has 0 aliphatic carbocycles. The van der Waals surface area contributed by atoms with E-state index in [9.17, 15) is 0 Å². The molecule has 0 aliphatic heterocycles. The summed E-state index contributed by atoms with van der Waals surface area (Å²) in [6.45, 7) is 5.15. The Morgan fingerprint density at radius 3 is 2.89 bits per heavy atom. The summed E-state index contributed by atoms with van der Waals surface area (Å²) in [5.41, 5.74) is 11.4. The van der Waals surface area contributed by atoms with Crippen molar-refractivity contribution in [2.45, 2.75) is 20.4 Å². The monoisotopic (exact) mass is 260 g/mol. The standard InChI is InChI=1S/C13H16N4S/c1-3-17-9(2)11(8-15-16-13(14)18)10-6-4-5-7-12(10)17/h4-8H,3H2,1-2H3,(H3,14,16,18). The lowest BCUT2D eigenvalue weighted by Gasteiger charge is -2.03. The molecule has 0 saturated heterocycles. The number of hydrazone groups is 1. The van der Waals surface area contributed by atoms with Gasteiger partial charge in [-0.25, -0.2) is 0 Å². The van der Waals surface area contributed by atoms with E-state index in [0.717, 1.165) is 12.1 Å². The van der Waals surface area contributed by atoms with Crippen LogP contribution in [0.15, 0.2) is 29.4 Å². The number of rotatable bonds is 3. The molecule has 0 aliphatic rings. The molecule has 94 valence electrons. The molecule has 2 aromatic rings. The van der Waals surface area contributed by atoms with Crippen LogP contribution in [0, 0.1) is 6.92 Å². The molecular weight excluding hydrogens is 244 g/mol. The Balaban J connectivity index is 2.52. The molecule has 0 amide bonds. The van der Waals surface area contributed by atoms with E-state index in [1.807, 2.05) is 12.1 Å². The van der Waals surface area contributed by atoms with Crippen molar-refractivity contribution >= 4 is 34.4 Å². The van der Waals surface area contributed by atoms with E-state index in [0.29, 0.717) is 0 Å². The molecule has 1 aromatic carbocycles. The van der Waals surface area contributed by atoms with E-state index in [4.69, 9.17) is 18.0 Å². The molecule has 2 rings (SSSR count). The number of fused-ring (bicyclic) bond motifs is 1. The quantitative estimate of drug-likeness (QED) is 0.505. The van der Waals surface area contributed by atoms with Crippen molar-refractivity contribution in [1.82, 2.24) is 9.99 Å². The molecule has 4 nitrogen and oxygen atoms in total. The van der Waals surface area contributed by atoms with Crippen molar-refractivity contribution in [1.29, 1.82) is 0 Å². The van der Waals surface area contributed by atoms with Crippen molar-refractivity contribution in [3.8, 4) is 0 Å². The fourth-order valence-corrected chi connectivity index (χ4v) is 2.24. The van der Waals surface area contributed by atoms with Crippen molar-refractivity contribution < 1.29 is 0 Å². The molecule has 0 radical (unpaired) electrons. The molecule has 0 bridgehead atoms. The zero-order valence-corrected chi connectivity index (χ0v) is 11.3. The lowest BCUT2D eigenvalue weighted by Crippen LogP contribution is -2.24. The van der Waals surface area contributed by atoms with Crippen LogP contribution in [-0.4, -0.2) is 15.9 Å². The highest BCUT2D eigenvalue weighted by atomic mass is 32.1. The predicted octanol–water partition coefficient (Wildman–Crippen LogP) is 2.14. The first kappa shape index (κ1) is 12.6. The van der Waals surface area contributed by atoms with Gasteiger partial charge in [0.25, 0.3) is 0 Å². The van der Waals surface area contributed by atoms with Gasteiger partial charge in [-0.15, -0.1) is 0 Å². The highest BCUT2D eigenvalue weighted by Crippen LogP contribution is 2.24. The van der Waals surface area contributed by atoms with Gasteiger partial charge in [0.15, 0.2) is 5.11 Å². The average molecular weight is 260 g/mol. The van der Waals surface area contributed by atoms with Crippen molar-refractivity contribution in [3.05, 3.63) is 35.5 Å². The Kier molecular flexibility index (Phi) is 3.62. The summed E-state index contributed by atoms with van der Waals surface area (Å²) >= 11 is 4.72. The Hall–Kier alpha value is -1.88. The first-order valence-corrected chi connectivity index (χ1v) is 6.22. The third-order valence-corrected chi connectivity index (χ3v) is 3.06. The third kappa shape index (κ3) is 2.22. The summed E-state index contributed by atoms with van der Waals surface area (Å²) in [4.78, 5) is 0. The van der Waals surface area contributed by atoms with Crippen LogP contribution in [0.5, 0.6) is 0 Å². The number of nitrogens with one attached hydrogen (secondary N) is 1. The molecule has 0 spiro atoms. The average Bonchev–Trinajstić information content (AvgIpc) is 2.62.